The molecule has 6 heteroatoms. The normalized spacial score (nSPS) is 14.2. The van der Waals surface area contributed by atoms with Crippen LogP contribution in [0.15, 0.2) is 12.3 Å². The molecule has 2 N–H and O–H groups in total. The van der Waals surface area contributed by atoms with Crippen LogP contribution in [-0.4, -0.2) is 53.3 Å². The summed E-state index contributed by atoms with van der Waals surface area (Å²) in [6.07, 6.45) is 3.72. The Hall–Kier alpha value is -1.01. The molecule has 1 aromatic rings. The maximum Gasteiger partial charge on any atom is 0.226 e. The number of anilines is 2. The van der Waals surface area contributed by atoms with Gasteiger partial charge >= 0.3 is 0 Å². The first kappa shape index (κ1) is 14.1. The number of nitrogens with one attached hydrogen (secondary N) is 1. The van der Waals surface area contributed by atoms with Crippen molar-refractivity contribution < 1.29 is 5.11 Å². The van der Waals surface area contributed by atoms with E-state index in [1.54, 1.807) is 18.0 Å². The van der Waals surface area contributed by atoms with E-state index in [1.165, 1.54) is 0 Å². The van der Waals surface area contributed by atoms with Crippen LogP contribution in [0.2, 0.25) is 0 Å². The number of thioether (sulfide) groups is 1. The van der Waals surface area contributed by atoms with Crippen LogP contribution in [0.25, 0.3) is 0 Å². The van der Waals surface area contributed by atoms with E-state index in [9.17, 15) is 5.11 Å². The van der Waals surface area contributed by atoms with E-state index in [4.69, 9.17) is 0 Å². The first-order chi connectivity index (χ1) is 8.08. The van der Waals surface area contributed by atoms with Crippen molar-refractivity contribution in [3.05, 3.63) is 12.3 Å². The quantitative estimate of drug-likeness (QED) is 0.794. The number of hydrogen-bond donors (Lipinski definition) is 2. The second-order valence-corrected chi connectivity index (χ2v) is 5.10. The zero-order valence-corrected chi connectivity index (χ0v) is 11.5. The molecule has 0 spiro atoms. The fraction of sp³-hybridized carbons (Fsp3) is 0.636. The Kier molecular flexibility index (Phi) is 5.50. The summed E-state index contributed by atoms with van der Waals surface area (Å²) in [5, 5.41) is 12.7. The molecule has 96 valence electrons. The van der Waals surface area contributed by atoms with Crippen LogP contribution in [0, 0.1) is 0 Å². The Morgan fingerprint density at radius 3 is 2.76 bits per heavy atom. The number of hydrogen-bond acceptors (Lipinski definition) is 6. The summed E-state index contributed by atoms with van der Waals surface area (Å²) in [4.78, 5) is 10.4. The minimum atomic E-state index is 0.153. The third-order valence-corrected chi connectivity index (χ3v) is 3.62. The van der Waals surface area contributed by atoms with E-state index in [2.05, 4.69) is 15.3 Å². The topological polar surface area (TPSA) is 61.3 Å². The molecular formula is C11H20N4OS. The van der Waals surface area contributed by atoms with E-state index in [0.717, 1.165) is 5.82 Å². The first-order valence-corrected chi connectivity index (χ1v) is 6.77. The summed E-state index contributed by atoms with van der Waals surface area (Å²) in [7, 11) is 3.81. The number of aliphatic hydroxyl groups excluding tert-OH is 1. The van der Waals surface area contributed by atoms with Crippen LogP contribution in [0.1, 0.15) is 6.92 Å². The lowest BCUT2D eigenvalue weighted by Gasteiger charge is -2.22. The number of rotatable bonds is 6. The molecule has 0 bridgehead atoms. The highest BCUT2D eigenvalue weighted by Gasteiger charge is 2.15. The second kappa shape index (κ2) is 6.66. The van der Waals surface area contributed by atoms with Crippen LogP contribution in [0.5, 0.6) is 0 Å². The Balaban J connectivity index is 2.70. The minimum absolute atomic E-state index is 0.153. The van der Waals surface area contributed by atoms with Crippen molar-refractivity contribution in [2.24, 2.45) is 0 Å². The summed E-state index contributed by atoms with van der Waals surface area (Å²) in [6.45, 7) is 2.19. The van der Waals surface area contributed by atoms with Gasteiger partial charge in [0.2, 0.25) is 5.95 Å². The van der Waals surface area contributed by atoms with Gasteiger partial charge in [0.15, 0.2) is 0 Å². The van der Waals surface area contributed by atoms with Crippen molar-refractivity contribution in [1.82, 2.24) is 9.97 Å². The molecule has 0 aliphatic rings. The lowest BCUT2D eigenvalue weighted by Crippen LogP contribution is -2.31. The average molecular weight is 256 g/mol. The van der Waals surface area contributed by atoms with Gasteiger partial charge in [-0.05, 0) is 19.2 Å². The highest BCUT2D eigenvalue weighted by molar-refractivity contribution is 7.99. The molecule has 0 aromatic carbocycles. The molecule has 5 nitrogen and oxygen atoms in total. The molecule has 1 heterocycles. The predicted molar refractivity (Wildman–Crippen MR) is 73.8 cm³/mol. The Bertz CT molecular complexity index is 344. The zero-order chi connectivity index (χ0) is 12.8. The summed E-state index contributed by atoms with van der Waals surface area (Å²) in [6, 6.07) is 1.98. The molecule has 2 atom stereocenters. The Morgan fingerprint density at radius 1 is 1.53 bits per heavy atom. The Morgan fingerprint density at radius 2 is 2.24 bits per heavy atom. The molecule has 1 aromatic heterocycles. The third kappa shape index (κ3) is 4.05. The van der Waals surface area contributed by atoms with Crippen molar-refractivity contribution >= 4 is 23.5 Å². The van der Waals surface area contributed by atoms with Gasteiger partial charge in [-0.2, -0.15) is 16.7 Å². The Labute approximate surface area is 107 Å². The molecule has 17 heavy (non-hydrogen) atoms. The van der Waals surface area contributed by atoms with E-state index < -0.39 is 0 Å². The van der Waals surface area contributed by atoms with Crippen LogP contribution in [-0.2, 0) is 0 Å². The van der Waals surface area contributed by atoms with Gasteiger partial charge in [-0.25, -0.2) is 4.98 Å². The molecule has 0 aliphatic heterocycles. The molecule has 0 saturated heterocycles. The molecule has 0 aliphatic carbocycles. The number of aliphatic hydroxyl groups is 1. The van der Waals surface area contributed by atoms with Crippen LogP contribution in [0.4, 0.5) is 11.8 Å². The highest BCUT2D eigenvalue weighted by Crippen LogP contribution is 2.15. The SMILES string of the molecule is CSC(CO)C(C)Nc1ccnc(N(C)C)n1. The van der Waals surface area contributed by atoms with Gasteiger partial charge in [0.25, 0.3) is 0 Å². The van der Waals surface area contributed by atoms with Gasteiger partial charge in [-0.3, -0.25) is 0 Å². The standard InChI is InChI=1S/C11H20N4OS/c1-8(9(7-16)17-4)13-10-5-6-12-11(14-10)15(2)3/h5-6,8-9,16H,7H2,1-4H3,(H,12,13,14). The van der Waals surface area contributed by atoms with Crippen LogP contribution >= 0.6 is 11.8 Å². The van der Waals surface area contributed by atoms with Crippen molar-refractivity contribution in [2.45, 2.75) is 18.2 Å². The summed E-state index contributed by atoms with van der Waals surface area (Å²) in [5.41, 5.74) is 0. The molecule has 0 saturated carbocycles. The fourth-order valence-electron chi connectivity index (χ4n) is 1.41. The maximum atomic E-state index is 9.22. The summed E-state index contributed by atoms with van der Waals surface area (Å²) in [5.74, 6) is 1.45. The van der Waals surface area contributed by atoms with Crippen LogP contribution < -0.4 is 10.2 Å². The van der Waals surface area contributed by atoms with E-state index in [0.29, 0.717) is 5.95 Å². The van der Waals surface area contributed by atoms with Gasteiger partial charge in [0.1, 0.15) is 5.82 Å². The van der Waals surface area contributed by atoms with E-state index >= 15 is 0 Å². The smallest absolute Gasteiger partial charge is 0.226 e. The largest absolute Gasteiger partial charge is 0.395 e. The van der Waals surface area contributed by atoms with Crippen LogP contribution in [0.3, 0.4) is 0 Å². The van der Waals surface area contributed by atoms with Crippen molar-refractivity contribution in [3.8, 4) is 0 Å². The second-order valence-electron chi connectivity index (χ2n) is 4.03. The lowest BCUT2D eigenvalue weighted by atomic mass is 10.2. The van der Waals surface area contributed by atoms with Crippen molar-refractivity contribution in [1.29, 1.82) is 0 Å². The molecule has 0 radical (unpaired) electrons. The minimum Gasteiger partial charge on any atom is -0.395 e. The van der Waals surface area contributed by atoms with Gasteiger partial charge in [0.05, 0.1) is 6.61 Å². The predicted octanol–water partition coefficient (Wildman–Crippen LogP) is 1.07. The molecule has 0 amide bonds. The monoisotopic (exact) mass is 256 g/mol. The van der Waals surface area contributed by atoms with Gasteiger partial charge < -0.3 is 15.3 Å². The highest BCUT2D eigenvalue weighted by atomic mass is 32.2. The van der Waals surface area contributed by atoms with Crippen molar-refractivity contribution in [2.75, 3.05) is 37.2 Å². The number of nitrogens with zero attached hydrogens (tertiary/aromatic N) is 3. The molecular weight excluding hydrogens is 236 g/mol. The molecule has 0 fully saturated rings. The molecule has 1 rings (SSSR count). The first-order valence-electron chi connectivity index (χ1n) is 5.49. The van der Waals surface area contributed by atoms with E-state index in [1.807, 2.05) is 38.2 Å². The van der Waals surface area contributed by atoms with Gasteiger partial charge in [0, 0.05) is 31.6 Å². The fourth-order valence-corrected chi connectivity index (χ4v) is 2.03. The van der Waals surface area contributed by atoms with Crippen molar-refractivity contribution in [3.63, 3.8) is 0 Å². The summed E-state index contributed by atoms with van der Waals surface area (Å²) < 4.78 is 0. The average Bonchev–Trinajstić information content (AvgIpc) is 2.30. The molecule has 2 unspecified atom stereocenters. The summed E-state index contributed by atoms with van der Waals surface area (Å²) >= 11 is 1.64. The van der Waals surface area contributed by atoms with E-state index in [-0.39, 0.29) is 17.9 Å². The van der Waals surface area contributed by atoms with Gasteiger partial charge in [-0.15, -0.1) is 0 Å². The number of aromatic nitrogens is 2. The maximum absolute atomic E-state index is 9.22. The lowest BCUT2D eigenvalue weighted by molar-refractivity contribution is 0.288. The van der Waals surface area contributed by atoms with Gasteiger partial charge in [-0.1, -0.05) is 0 Å². The third-order valence-electron chi connectivity index (χ3n) is 2.46. The zero-order valence-electron chi connectivity index (χ0n) is 10.7.